The lowest BCUT2D eigenvalue weighted by atomic mass is 10.0. The molecule has 0 radical (unpaired) electrons. The van der Waals surface area contributed by atoms with Gasteiger partial charge in [0.2, 0.25) is 0 Å². The van der Waals surface area contributed by atoms with Crippen LogP contribution in [0.15, 0.2) is 47.6 Å². The Bertz CT molecular complexity index is 1270. The van der Waals surface area contributed by atoms with Crippen LogP contribution in [0.5, 0.6) is 0 Å². The Balaban J connectivity index is 2.09. The fraction of sp³-hybridized carbons (Fsp3) is 0.0625. The molecule has 128 valence electrons. The van der Waals surface area contributed by atoms with E-state index >= 15 is 0 Å². The van der Waals surface area contributed by atoms with Gasteiger partial charge in [0, 0.05) is 23.6 Å². The molecule has 0 aliphatic heterocycles. The van der Waals surface area contributed by atoms with Crippen molar-refractivity contribution in [1.82, 2.24) is 30.0 Å². The molecule has 1 N–H and O–H groups in total. The van der Waals surface area contributed by atoms with Crippen LogP contribution < -0.4 is 0 Å². The lowest BCUT2D eigenvalue weighted by Gasteiger charge is -2.11. The van der Waals surface area contributed by atoms with Crippen molar-refractivity contribution >= 4 is 15.5 Å². The van der Waals surface area contributed by atoms with Crippen LogP contribution in [0.2, 0.25) is 0 Å². The van der Waals surface area contributed by atoms with Gasteiger partial charge in [0.05, 0.1) is 22.3 Å². The van der Waals surface area contributed by atoms with E-state index in [-0.39, 0.29) is 10.7 Å². The summed E-state index contributed by atoms with van der Waals surface area (Å²) in [5, 5.41) is 22.8. The van der Waals surface area contributed by atoms with Crippen molar-refractivity contribution in [2.45, 2.75) is 4.90 Å². The second-order valence-electron chi connectivity index (χ2n) is 5.60. The molecule has 10 heteroatoms. The van der Waals surface area contributed by atoms with Gasteiger partial charge in [0.15, 0.2) is 15.7 Å². The van der Waals surface area contributed by atoms with Gasteiger partial charge in [-0.1, -0.05) is 12.1 Å². The van der Waals surface area contributed by atoms with E-state index in [2.05, 4.69) is 31.7 Å². The highest BCUT2D eigenvalue weighted by Crippen LogP contribution is 2.35. The van der Waals surface area contributed by atoms with Gasteiger partial charge in [-0.3, -0.25) is 4.40 Å². The van der Waals surface area contributed by atoms with Gasteiger partial charge in [-0.15, -0.1) is 5.10 Å². The summed E-state index contributed by atoms with van der Waals surface area (Å²) in [6, 6.07) is 10.4. The van der Waals surface area contributed by atoms with Gasteiger partial charge in [-0.2, -0.15) is 5.26 Å². The van der Waals surface area contributed by atoms with Crippen LogP contribution >= 0.6 is 0 Å². The lowest BCUT2D eigenvalue weighted by Crippen LogP contribution is -2.03. The molecule has 0 saturated heterocycles. The molecule has 3 heterocycles. The van der Waals surface area contributed by atoms with Crippen molar-refractivity contribution in [3.05, 3.63) is 48.3 Å². The third-order valence-electron chi connectivity index (χ3n) is 3.92. The van der Waals surface area contributed by atoms with Crippen LogP contribution in [-0.4, -0.2) is 44.7 Å². The van der Waals surface area contributed by atoms with Crippen LogP contribution in [0.1, 0.15) is 5.56 Å². The van der Waals surface area contributed by atoms with E-state index in [1.54, 1.807) is 41.1 Å². The fourth-order valence-electron chi connectivity index (χ4n) is 2.81. The van der Waals surface area contributed by atoms with Crippen LogP contribution in [0.3, 0.4) is 0 Å². The van der Waals surface area contributed by atoms with Crippen molar-refractivity contribution in [3.63, 3.8) is 0 Å². The Morgan fingerprint density at radius 1 is 1.23 bits per heavy atom. The van der Waals surface area contributed by atoms with Gasteiger partial charge in [-0.25, -0.2) is 18.5 Å². The van der Waals surface area contributed by atoms with Gasteiger partial charge in [-0.05, 0) is 28.6 Å². The summed E-state index contributed by atoms with van der Waals surface area (Å²) in [6.45, 7) is 0. The quantitative estimate of drug-likeness (QED) is 0.581. The first-order chi connectivity index (χ1) is 12.5. The van der Waals surface area contributed by atoms with E-state index in [4.69, 9.17) is 5.26 Å². The number of aromatic nitrogens is 6. The summed E-state index contributed by atoms with van der Waals surface area (Å²) in [5.41, 5.74) is 2.64. The molecule has 0 amide bonds. The number of nitrogens with zero attached hydrogens (tertiary/aromatic N) is 6. The van der Waals surface area contributed by atoms with Gasteiger partial charge in [0.25, 0.3) is 0 Å². The van der Waals surface area contributed by atoms with Crippen molar-refractivity contribution in [3.8, 4) is 28.7 Å². The topological polar surface area (TPSA) is 130 Å². The number of nitrogens with one attached hydrogen (secondary N) is 1. The molecule has 0 spiro atoms. The minimum atomic E-state index is -3.54. The highest BCUT2D eigenvalue weighted by Gasteiger charge is 2.23. The number of rotatable bonds is 3. The number of imidazole rings is 1. The number of benzene rings is 1. The molecule has 4 rings (SSSR count). The number of pyridine rings is 1. The molecular weight excluding hydrogens is 354 g/mol. The summed E-state index contributed by atoms with van der Waals surface area (Å²) in [4.78, 5) is 4.42. The minimum absolute atomic E-state index is 0.0972. The zero-order valence-electron chi connectivity index (χ0n) is 13.4. The number of hydrogen-bond acceptors (Lipinski definition) is 7. The van der Waals surface area contributed by atoms with Crippen molar-refractivity contribution in [1.29, 1.82) is 5.26 Å². The maximum absolute atomic E-state index is 12.3. The predicted molar refractivity (Wildman–Crippen MR) is 91.6 cm³/mol. The van der Waals surface area contributed by atoms with Gasteiger partial charge >= 0.3 is 0 Å². The molecule has 0 saturated carbocycles. The van der Waals surface area contributed by atoms with E-state index in [9.17, 15) is 8.42 Å². The predicted octanol–water partition coefficient (Wildman–Crippen LogP) is 1.46. The standard InChI is InChI=1S/C16H11N7O2S/c1-26(24,25)13-4-2-3-11(15(13)16-19-21-22-20-16)12-8-18-14-6-5-10(7-17)9-23(12)14/h2-6,8-9H,1H3,(H,19,20,21,22). The van der Waals surface area contributed by atoms with Crippen LogP contribution in [0, 0.1) is 11.3 Å². The summed E-state index contributed by atoms with van der Waals surface area (Å²) in [5.74, 6) is 0.229. The number of hydrogen-bond donors (Lipinski definition) is 1. The van der Waals surface area contributed by atoms with Crippen molar-refractivity contribution in [2.75, 3.05) is 6.26 Å². The second-order valence-corrected chi connectivity index (χ2v) is 7.59. The molecule has 0 fully saturated rings. The summed E-state index contributed by atoms with van der Waals surface area (Å²) in [6.07, 6.45) is 4.39. The number of sulfone groups is 1. The number of tetrazole rings is 1. The van der Waals surface area contributed by atoms with E-state index in [1.165, 1.54) is 6.07 Å². The molecule has 0 aliphatic carbocycles. The largest absolute Gasteiger partial charge is 0.298 e. The first-order valence-corrected chi connectivity index (χ1v) is 9.33. The van der Waals surface area contributed by atoms with E-state index in [0.717, 1.165) is 6.26 Å². The molecule has 0 bridgehead atoms. The zero-order chi connectivity index (χ0) is 18.3. The lowest BCUT2D eigenvalue weighted by molar-refractivity contribution is 0.602. The molecule has 3 aromatic heterocycles. The Hall–Kier alpha value is -3.58. The number of nitriles is 1. The van der Waals surface area contributed by atoms with Crippen LogP contribution in [0.25, 0.3) is 28.3 Å². The smallest absolute Gasteiger partial charge is 0.181 e. The molecule has 4 aromatic rings. The second kappa shape index (κ2) is 5.75. The number of H-pyrrole nitrogens is 1. The van der Waals surface area contributed by atoms with E-state index in [1.807, 2.05) is 0 Å². The first-order valence-electron chi connectivity index (χ1n) is 7.44. The Kier molecular flexibility index (Phi) is 3.52. The molecule has 9 nitrogen and oxygen atoms in total. The Labute approximate surface area is 147 Å². The maximum atomic E-state index is 12.3. The summed E-state index contributed by atoms with van der Waals surface area (Å²) >= 11 is 0. The average Bonchev–Trinajstić information content (AvgIpc) is 3.29. The molecule has 0 atom stereocenters. The first kappa shape index (κ1) is 15.9. The zero-order valence-corrected chi connectivity index (χ0v) is 14.3. The van der Waals surface area contributed by atoms with Gasteiger partial charge < -0.3 is 0 Å². The SMILES string of the molecule is CS(=O)(=O)c1cccc(-c2cnc3ccc(C#N)cn23)c1-c1nnn[nH]1. The third-order valence-corrected chi connectivity index (χ3v) is 5.06. The monoisotopic (exact) mass is 365 g/mol. The average molecular weight is 365 g/mol. The fourth-order valence-corrected chi connectivity index (χ4v) is 3.71. The van der Waals surface area contributed by atoms with Crippen molar-refractivity contribution in [2.24, 2.45) is 0 Å². The minimum Gasteiger partial charge on any atom is -0.298 e. The van der Waals surface area contributed by atoms with Gasteiger partial charge in [0.1, 0.15) is 11.7 Å². The summed E-state index contributed by atoms with van der Waals surface area (Å²) < 4.78 is 26.3. The van der Waals surface area contributed by atoms with Crippen LogP contribution in [-0.2, 0) is 9.84 Å². The summed E-state index contributed by atoms with van der Waals surface area (Å²) in [7, 11) is -3.54. The number of aromatic amines is 1. The van der Waals surface area contributed by atoms with E-state index in [0.29, 0.717) is 28.0 Å². The maximum Gasteiger partial charge on any atom is 0.181 e. The van der Waals surface area contributed by atoms with Crippen molar-refractivity contribution < 1.29 is 8.42 Å². The number of fused-ring (bicyclic) bond motifs is 1. The molecule has 1 aromatic carbocycles. The third kappa shape index (κ3) is 2.51. The molecular formula is C16H11N7O2S. The Morgan fingerprint density at radius 3 is 2.77 bits per heavy atom. The molecule has 0 unspecified atom stereocenters. The van der Waals surface area contributed by atoms with Crippen LogP contribution in [0.4, 0.5) is 0 Å². The highest BCUT2D eigenvalue weighted by atomic mass is 32.2. The molecule has 26 heavy (non-hydrogen) atoms. The normalized spacial score (nSPS) is 11.5. The highest BCUT2D eigenvalue weighted by molar-refractivity contribution is 7.90. The Morgan fingerprint density at radius 2 is 2.08 bits per heavy atom. The van der Waals surface area contributed by atoms with E-state index < -0.39 is 9.84 Å². The molecule has 0 aliphatic rings.